The maximum atomic E-state index is 12.0. The third kappa shape index (κ3) is 3.44. The van der Waals surface area contributed by atoms with Crippen LogP contribution >= 0.6 is 57.1 Å². The Balaban J connectivity index is 2.21. The van der Waals surface area contributed by atoms with E-state index in [1.807, 2.05) is 11.4 Å². The summed E-state index contributed by atoms with van der Waals surface area (Å²) in [6, 6.07) is 7.04. The lowest BCUT2D eigenvalue weighted by Gasteiger charge is -2.03. The van der Waals surface area contributed by atoms with Crippen molar-refractivity contribution in [3.63, 3.8) is 0 Å². The van der Waals surface area contributed by atoms with E-state index < -0.39 is 0 Å². The van der Waals surface area contributed by atoms with Crippen LogP contribution < -0.4 is 0 Å². The number of carbonyl (C=O) groups excluding carboxylic acids is 1. The first kappa shape index (κ1) is 13.3. The van der Waals surface area contributed by atoms with Gasteiger partial charge in [0.2, 0.25) is 0 Å². The van der Waals surface area contributed by atoms with Crippen molar-refractivity contribution in [3.05, 3.63) is 53.7 Å². The first-order chi connectivity index (χ1) is 8.06. The van der Waals surface area contributed by atoms with Crippen molar-refractivity contribution in [2.45, 2.75) is 6.42 Å². The molecular formula is C12H7Cl2IOS. The highest BCUT2D eigenvalue weighted by molar-refractivity contribution is 14.1. The van der Waals surface area contributed by atoms with Crippen molar-refractivity contribution >= 4 is 62.9 Å². The standard InChI is InChI=1S/C12H7Cl2IOS/c13-9-1-2-10(14)7(3-9)4-11(16)8-5-12(15)17-6-8/h1-3,5-6H,4H2. The molecule has 0 spiro atoms. The molecule has 0 atom stereocenters. The molecule has 0 unspecified atom stereocenters. The maximum absolute atomic E-state index is 12.0. The Labute approximate surface area is 127 Å². The first-order valence-electron chi connectivity index (χ1n) is 4.77. The van der Waals surface area contributed by atoms with Gasteiger partial charge in [0.1, 0.15) is 0 Å². The maximum Gasteiger partial charge on any atom is 0.168 e. The van der Waals surface area contributed by atoms with Gasteiger partial charge >= 0.3 is 0 Å². The lowest BCUT2D eigenvalue weighted by molar-refractivity contribution is 0.0993. The van der Waals surface area contributed by atoms with Crippen LogP contribution in [0.25, 0.3) is 0 Å². The third-order valence-electron chi connectivity index (χ3n) is 2.25. The van der Waals surface area contributed by atoms with Crippen molar-refractivity contribution in [1.29, 1.82) is 0 Å². The van der Waals surface area contributed by atoms with E-state index in [-0.39, 0.29) is 12.2 Å². The Morgan fingerprint density at radius 1 is 1.29 bits per heavy atom. The fourth-order valence-electron chi connectivity index (χ4n) is 1.41. The van der Waals surface area contributed by atoms with Gasteiger partial charge in [-0.25, -0.2) is 0 Å². The Morgan fingerprint density at radius 2 is 2.06 bits per heavy atom. The molecule has 1 aromatic heterocycles. The quantitative estimate of drug-likeness (QED) is 0.522. The fourth-order valence-corrected chi connectivity index (χ4v) is 3.14. The fraction of sp³-hybridized carbons (Fsp3) is 0.0833. The number of halogens is 3. The molecule has 17 heavy (non-hydrogen) atoms. The number of hydrogen-bond donors (Lipinski definition) is 0. The smallest absolute Gasteiger partial charge is 0.168 e. The second-order valence-corrected chi connectivity index (χ2v) is 7.12. The molecule has 2 aromatic rings. The van der Waals surface area contributed by atoms with Gasteiger partial charge in [0.05, 0.1) is 2.88 Å². The van der Waals surface area contributed by atoms with Gasteiger partial charge in [-0.2, -0.15) is 0 Å². The zero-order chi connectivity index (χ0) is 12.4. The molecule has 0 radical (unpaired) electrons. The molecule has 2 rings (SSSR count). The third-order valence-corrected chi connectivity index (χ3v) is 4.64. The van der Waals surface area contributed by atoms with Gasteiger partial charge in [0.15, 0.2) is 5.78 Å². The van der Waals surface area contributed by atoms with Crippen molar-refractivity contribution in [3.8, 4) is 0 Å². The number of Topliss-reactive ketones (excluding diaryl/α,β-unsaturated/α-hetero) is 1. The molecule has 0 aliphatic heterocycles. The number of rotatable bonds is 3. The molecule has 0 aliphatic rings. The molecular weight excluding hydrogens is 390 g/mol. The van der Waals surface area contributed by atoms with Gasteiger partial charge < -0.3 is 0 Å². The minimum Gasteiger partial charge on any atom is -0.294 e. The molecule has 5 heteroatoms. The predicted molar refractivity (Wildman–Crippen MR) is 81.5 cm³/mol. The van der Waals surface area contributed by atoms with E-state index in [9.17, 15) is 4.79 Å². The molecule has 88 valence electrons. The summed E-state index contributed by atoms with van der Waals surface area (Å²) in [6.07, 6.45) is 0.284. The van der Waals surface area contributed by atoms with Crippen LogP contribution in [0.4, 0.5) is 0 Å². The summed E-state index contributed by atoms with van der Waals surface area (Å²) in [5, 5.41) is 3.03. The van der Waals surface area contributed by atoms with E-state index in [1.54, 1.807) is 29.5 Å². The van der Waals surface area contributed by atoms with Gasteiger partial charge in [-0.05, 0) is 52.4 Å². The molecule has 0 bridgehead atoms. The summed E-state index contributed by atoms with van der Waals surface area (Å²) >= 11 is 15.7. The van der Waals surface area contributed by atoms with Crippen LogP contribution in [-0.4, -0.2) is 5.78 Å². The summed E-state index contributed by atoms with van der Waals surface area (Å²) < 4.78 is 1.10. The first-order valence-corrected chi connectivity index (χ1v) is 7.49. The number of benzene rings is 1. The molecule has 0 amide bonds. The summed E-state index contributed by atoms with van der Waals surface area (Å²) in [5.74, 6) is 0.0633. The van der Waals surface area contributed by atoms with Gasteiger partial charge in [-0.15, -0.1) is 11.3 Å². The van der Waals surface area contributed by atoms with Crippen LogP contribution in [0.15, 0.2) is 29.6 Å². The second kappa shape index (κ2) is 5.69. The van der Waals surface area contributed by atoms with E-state index in [2.05, 4.69) is 22.6 Å². The Morgan fingerprint density at radius 3 is 2.71 bits per heavy atom. The molecule has 1 nitrogen and oxygen atoms in total. The van der Waals surface area contributed by atoms with Crippen LogP contribution in [0.5, 0.6) is 0 Å². The normalized spacial score (nSPS) is 10.5. The van der Waals surface area contributed by atoms with Crippen LogP contribution in [-0.2, 0) is 6.42 Å². The van der Waals surface area contributed by atoms with E-state index >= 15 is 0 Å². The van der Waals surface area contributed by atoms with Gasteiger partial charge in [-0.3, -0.25) is 4.79 Å². The molecule has 1 aromatic carbocycles. The minimum atomic E-state index is 0.0633. The van der Waals surface area contributed by atoms with Crippen LogP contribution in [0.1, 0.15) is 15.9 Å². The SMILES string of the molecule is O=C(Cc1cc(Cl)ccc1Cl)c1csc(I)c1. The van der Waals surface area contributed by atoms with Crippen LogP contribution in [0, 0.1) is 2.88 Å². The van der Waals surface area contributed by atoms with Crippen molar-refractivity contribution in [2.75, 3.05) is 0 Å². The van der Waals surface area contributed by atoms with Gasteiger partial charge in [0.25, 0.3) is 0 Å². The monoisotopic (exact) mass is 396 g/mol. The number of carbonyl (C=O) groups is 1. The number of thiophene rings is 1. The summed E-state index contributed by atoms with van der Waals surface area (Å²) in [4.78, 5) is 12.0. The lowest BCUT2D eigenvalue weighted by Crippen LogP contribution is -2.02. The minimum absolute atomic E-state index is 0.0633. The van der Waals surface area contributed by atoms with Gasteiger partial charge in [0, 0.05) is 27.4 Å². The molecule has 0 fully saturated rings. The predicted octanol–water partition coefficient (Wildman–Crippen LogP) is 5.08. The molecule has 1 heterocycles. The lowest BCUT2D eigenvalue weighted by atomic mass is 10.1. The van der Waals surface area contributed by atoms with Gasteiger partial charge in [-0.1, -0.05) is 23.2 Å². The average Bonchev–Trinajstić information content (AvgIpc) is 2.70. The largest absolute Gasteiger partial charge is 0.294 e. The van der Waals surface area contributed by atoms with E-state index in [0.29, 0.717) is 10.0 Å². The highest BCUT2D eigenvalue weighted by atomic mass is 127. The average molecular weight is 397 g/mol. The summed E-state index contributed by atoms with van der Waals surface area (Å²) in [5.41, 5.74) is 1.50. The van der Waals surface area contributed by atoms with Crippen LogP contribution in [0.2, 0.25) is 10.0 Å². The topological polar surface area (TPSA) is 17.1 Å². The molecule has 0 saturated heterocycles. The summed E-state index contributed by atoms with van der Waals surface area (Å²) in [7, 11) is 0. The van der Waals surface area contributed by atoms with Crippen molar-refractivity contribution in [1.82, 2.24) is 0 Å². The Bertz CT molecular complexity index is 565. The molecule has 0 aliphatic carbocycles. The number of hydrogen-bond acceptors (Lipinski definition) is 2. The van der Waals surface area contributed by atoms with E-state index in [1.165, 1.54) is 0 Å². The van der Waals surface area contributed by atoms with Crippen LogP contribution in [0.3, 0.4) is 0 Å². The van der Waals surface area contributed by atoms with E-state index in [4.69, 9.17) is 23.2 Å². The molecule has 0 saturated carbocycles. The number of ketones is 1. The van der Waals surface area contributed by atoms with Crippen molar-refractivity contribution in [2.24, 2.45) is 0 Å². The summed E-state index contributed by atoms with van der Waals surface area (Å²) in [6.45, 7) is 0. The Kier molecular flexibility index (Phi) is 4.47. The second-order valence-electron chi connectivity index (χ2n) is 3.48. The Hall–Kier alpha value is -0.100. The van der Waals surface area contributed by atoms with E-state index in [0.717, 1.165) is 14.0 Å². The zero-order valence-electron chi connectivity index (χ0n) is 8.54. The van der Waals surface area contributed by atoms with Crippen molar-refractivity contribution < 1.29 is 4.79 Å². The zero-order valence-corrected chi connectivity index (χ0v) is 13.0. The molecule has 0 N–H and O–H groups in total. The highest BCUT2D eigenvalue weighted by Crippen LogP contribution is 2.23. The highest BCUT2D eigenvalue weighted by Gasteiger charge is 2.11.